The van der Waals surface area contributed by atoms with Crippen molar-refractivity contribution in [3.63, 3.8) is 0 Å². The summed E-state index contributed by atoms with van der Waals surface area (Å²) in [7, 11) is 0. The van der Waals surface area contributed by atoms with Crippen molar-refractivity contribution in [3.8, 4) is 0 Å². The van der Waals surface area contributed by atoms with Crippen molar-refractivity contribution in [2.24, 2.45) is 0 Å². The zero-order chi connectivity index (χ0) is 50.6. The minimum absolute atomic E-state index is 0.0238. The highest BCUT2D eigenvalue weighted by atomic mass is 16.3. The van der Waals surface area contributed by atoms with Crippen LogP contribution in [0.3, 0.4) is 0 Å². The van der Waals surface area contributed by atoms with Gasteiger partial charge >= 0.3 is 0 Å². The van der Waals surface area contributed by atoms with Crippen LogP contribution in [-0.2, 0) is 4.79 Å². The Bertz CT molecular complexity index is 1020. The zero-order valence-electron chi connectivity index (χ0n) is 48.1. The average Bonchev–Trinajstić information content (AvgIpc) is 3.36. The molecule has 416 valence electrons. The van der Waals surface area contributed by atoms with E-state index >= 15 is 0 Å². The van der Waals surface area contributed by atoms with Crippen molar-refractivity contribution < 1.29 is 15.0 Å². The number of carbonyl (C=O) groups is 1. The quantitative estimate of drug-likeness (QED) is 0.0420. The first-order chi connectivity index (χ1) is 34.7. The predicted molar refractivity (Wildman–Crippen MR) is 313 cm³/mol. The lowest BCUT2D eigenvalue weighted by Gasteiger charge is -2.22. The van der Waals surface area contributed by atoms with Crippen molar-refractivity contribution in [3.05, 3.63) is 24.3 Å². The molecule has 0 aromatic rings. The van der Waals surface area contributed by atoms with E-state index in [1.807, 2.05) is 0 Å². The van der Waals surface area contributed by atoms with Crippen LogP contribution >= 0.6 is 0 Å². The van der Waals surface area contributed by atoms with E-state index in [1.165, 1.54) is 315 Å². The third-order valence-electron chi connectivity index (χ3n) is 15.5. The summed E-state index contributed by atoms with van der Waals surface area (Å²) in [6, 6.07) is -0.535. The molecule has 1 amide bonds. The molecule has 0 aliphatic heterocycles. The van der Waals surface area contributed by atoms with Gasteiger partial charge in [-0.2, -0.15) is 0 Å². The molecule has 70 heavy (non-hydrogen) atoms. The molecule has 0 aromatic carbocycles. The number of aliphatic hydroxyl groups excluding tert-OH is 2. The second-order valence-corrected chi connectivity index (χ2v) is 22.5. The number of rotatable bonds is 61. The Morgan fingerprint density at radius 3 is 0.857 bits per heavy atom. The van der Waals surface area contributed by atoms with Gasteiger partial charge in [-0.3, -0.25) is 4.79 Å². The van der Waals surface area contributed by atoms with Gasteiger partial charge in [-0.15, -0.1) is 0 Å². The summed E-state index contributed by atoms with van der Waals surface area (Å²) in [5.41, 5.74) is 0. The minimum atomic E-state index is -0.659. The summed E-state index contributed by atoms with van der Waals surface area (Å²) in [5.74, 6) is -0.0238. The van der Waals surface area contributed by atoms with Crippen molar-refractivity contribution in [1.29, 1.82) is 0 Å². The number of carbonyl (C=O) groups excluding carboxylic acids is 1. The maximum atomic E-state index is 12.5. The van der Waals surface area contributed by atoms with Crippen molar-refractivity contribution >= 4 is 5.91 Å². The van der Waals surface area contributed by atoms with E-state index in [-0.39, 0.29) is 12.5 Å². The lowest BCUT2D eigenvalue weighted by molar-refractivity contribution is -0.123. The molecule has 0 bridgehead atoms. The number of amides is 1. The van der Waals surface area contributed by atoms with E-state index in [1.54, 1.807) is 0 Å². The van der Waals surface area contributed by atoms with E-state index in [0.717, 1.165) is 32.1 Å². The van der Waals surface area contributed by atoms with Gasteiger partial charge in [-0.1, -0.05) is 346 Å². The fourth-order valence-electron chi connectivity index (χ4n) is 10.5. The topological polar surface area (TPSA) is 69.6 Å². The monoisotopic (exact) mass is 984 g/mol. The molecule has 2 atom stereocenters. The molecule has 2 unspecified atom stereocenters. The molecule has 3 N–H and O–H groups in total. The molecule has 0 rings (SSSR count). The molecule has 0 aliphatic rings. The summed E-state index contributed by atoms with van der Waals surface area (Å²) in [6.45, 7) is 4.41. The smallest absolute Gasteiger partial charge is 0.220 e. The lowest BCUT2D eigenvalue weighted by atomic mass is 10.0. The minimum Gasteiger partial charge on any atom is -0.394 e. The van der Waals surface area contributed by atoms with Crippen molar-refractivity contribution in [1.82, 2.24) is 5.32 Å². The van der Waals surface area contributed by atoms with Crippen LogP contribution in [0.2, 0.25) is 0 Å². The highest BCUT2D eigenvalue weighted by molar-refractivity contribution is 5.76. The Morgan fingerprint density at radius 1 is 0.343 bits per heavy atom. The van der Waals surface area contributed by atoms with E-state index in [0.29, 0.717) is 12.8 Å². The summed E-state index contributed by atoms with van der Waals surface area (Å²) in [5, 5.41) is 23.4. The first kappa shape index (κ1) is 68.9. The van der Waals surface area contributed by atoms with Gasteiger partial charge in [0.15, 0.2) is 0 Å². The van der Waals surface area contributed by atoms with Crippen LogP contribution in [-0.4, -0.2) is 34.9 Å². The van der Waals surface area contributed by atoms with E-state index in [2.05, 4.69) is 43.5 Å². The Labute approximate surface area is 440 Å². The Hall–Kier alpha value is -1.13. The SMILES string of the molecule is CCCCCCCCCCCCC/C=C\C/C=C\CCCCCCCCCCCCCCCCCCCC(=O)NC(CO)C(O)CCCCCCCCCCCCCCCCCCCCCCCCC. The Morgan fingerprint density at radius 2 is 0.586 bits per heavy atom. The Kier molecular flexibility index (Phi) is 61.2. The van der Waals surface area contributed by atoms with Crippen LogP contribution in [0.25, 0.3) is 0 Å². The van der Waals surface area contributed by atoms with Gasteiger partial charge in [0, 0.05) is 6.42 Å². The van der Waals surface area contributed by atoms with Gasteiger partial charge in [0.05, 0.1) is 18.8 Å². The maximum absolute atomic E-state index is 12.5. The molecule has 4 heteroatoms. The van der Waals surface area contributed by atoms with Gasteiger partial charge < -0.3 is 15.5 Å². The molecule has 0 heterocycles. The number of allylic oxidation sites excluding steroid dienone is 4. The summed E-state index contributed by atoms with van der Waals surface area (Å²) < 4.78 is 0. The number of nitrogens with one attached hydrogen (secondary N) is 1. The number of hydrogen-bond acceptors (Lipinski definition) is 3. The van der Waals surface area contributed by atoms with Crippen molar-refractivity contribution in [2.75, 3.05) is 6.61 Å². The molecule has 0 radical (unpaired) electrons. The largest absolute Gasteiger partial charge is 0.394 e. The summed E-state index contributed by atoms with van der Waals surface area (Å²) in [6.07, 6.45) is 83.5. The number of hydrogen-bond donors (Lipinski definition) is 3. The van der Waals surface area contributed by atoms with Crippen LogP contribution < -0.4 is 5.32 Å². The highest BCUT2D eigenvalue weighted by Crippen LogP contribution is 2.19. The normalized spacial score (nSPS) is 12.8. The second-order valence-electron chi connectivity index (χ2n) is 22.5. The third kappa shape index (κ3) is 57.8. The highest BCUT2D eigenvalue weighted by Gasteiger charge is 2.20. The predicted octanol–water partition coefficient (Wildman–Crippen LogP) is 21.8. The summed E-state index contributed by atoms with van der Waals surface area (Å²) in [4.78, 5) is 12.5. The number of unbranched alkanes of at least 4 members (excludes halogenated alkanes) is 50. The second kappa shape index (κ2) is 62.2. The van der Waals surface area contributed by atoms with Crippen LogP contribution in [0, 0.1) is 0 Å². The molecule has 4 nitrogen and oxygen atoms in total. The fraction of sp³-hybridized carbons (Fsp3) is 0.924. The van der Waals surface area contributed by atoms with E-state index in [4.69, 9.17) is 0 Å². The van der Waals surface area contributed by atoms with Gasteiger partial charge in [0.25, 0.3) is 0 Å². The maximum Gasteiger partial charge on any atom is 0.220 e. The first-order valence-corrected chi connectivity index (χ1v) is 32.5. The van der Waals surface area contributed by atoms with Crippen LogP contribution in [0.5, 0.6) is 0 Å². The zero-order valence-corrected chi connectivity index (χ0v) is 48.1. The van der Waals surface area contributed by atoms with Gasteiger partial charge in [-0.05, 0) is 44.9 Å². The van der Waals surface area contributed by atoms with E-state index < -0.39 is 12.1 Å². The third-order valence-corrected chi connectivity index (χ3v) is 15.5. The Balaban J connectivity index is 3.40. The molecule has 0 saturated carbocycles. The van der Waals surface area contributed by atoms with Gasteiger partial charge in [0.1, 0.15) is 0 Å². The van der Waals surface area contributed by atoms with Gasteiger partial charge in [0.2, 0.25) is 5.91 Å². The van der Waals surface area contributed by atoms with Crippen molar-refractivity contribution in [2.45, 2.75) is 386 Å². The molecular weight excluding hydrogens is 855 g/mol. The summed E-state index contributed by atoms with van der Waals surface area (Å²) >= 11 is 0. The molecule has 0 saturated heterocycles. The van der Waals surface area contributed by atoms with E-state index in [9.17, 15) is 15.0 Å². The molecular formula is C66H129NO3. The average molecular weight is 985 g/mol. The fourth-order valence-corrected chi connectivity index (χ4v) is 10.5. The van der Waals surface area contributed by atoms with Crippen LogP contribution in [0.4, 0.5) is 0 Å². The first-order valence-electron chi connectivity index (χ1n) is 32.5. The molecule has 0 spiro atoms. The lowest BCUT2D eigenvalue weighted by Crippen LogP contribution is -2.45. The number of aliphatic hydroxyl groups is 2. The van der Waals surface area contributed by atoms with Crippen LogP contribution in [0.15, 0.2) is 24.3 Å². The standard InChI is InChI=1S/C66H129NO3/c1-3-5-7-9-11-13-15-17-19-21-23-25-27-28-29-30-31-32-33-34-35-36-37-38-40-42-44-46-48-50-52-54-56-58-60-62-66(70)67-64(63-68)65(69)61-59-57-55-53-51-49-47-45-43-41-39-26-24-22-20-18-16-14-12-10-8-6-4-2/h27-28,30-31,64-65,68-69H,3-26,29,32-63H2,1-2H3,(H,67,70)/b28-27-,31-30-. The molecule has 0 fully saturated rings. The van der Waals surface area contributed by atoms with Crippen LogP contribution in [0.1, 0.15) is 373 Å². The molecule has 0 aliphatic carbocycles. The van der Waals surface area contributed by atoms with Gasteiger partial charge in [-0.25, -0.2) is 0 Å². The molecule has 0 aromatic heterocycles.